The first-order chi connectivity index (χ1) is 9.42. The Kier molecular flexibility index (Phi) is 4.33. The number of hydrogen-bond acceptors (Lipinski definition) is 7. The number of hydrazine groups is 1. The monoisotopic (exact) mass is 313 g/mol. The van der Waals surface area contributed by atoms with Gasteiger partial charge in [-0.05, 0) is 19.9 Å². The topological polar surface area (TPSA) is 110 Å². The summed E-state index contributed by atoms with van der Waals surface area (Å²) in [5.41, 5.74) is 2.31. The van der Waals surface area contributed by atoms with Crippen molar-refractivity contribution in [2.45, 2.75) is 24.8 Å². The van der Waals surface area contributed by atoms with Crippen molar-refractivity contribution in [3.8, 4) is 0 Å². The van der Waals surface area contributed by atoms with E-state index in [-0.39, 0.29) is 10.7 Å². The normalized spacial score (nSPS) is 13.2. The third-order valence-corrected chi connectivity index (χ3v) is 5.16. The molecule has 0 aliphatic rings. The number of nitrogens with zero attached hydrogens (tertiary/aromatic N) is 2. The van der Waals surface area contributed by atoms with E-state index in [0.29, 0.717) is 0 Å². The highest BCUT2D eigenvalue weighted by atomic mass is 32.2. The number of anilines is 1. The maximum Gasteiger partial charge on any atom is 0.241 e. The van der Waals surface area contributed by atoms with Crippen LogP contribution >= 0.6 is 11.3 Å². The number of sulfonamides is 1. The Balaban J connectivity index is 2.22. The molecule has 0 aliphatic carbocycles. The van der Waals surface area contributed by atoms with Crippen LogP contribution in [0.4, 0.5) is 5.82 Å². The van der Waals surface area contributed by atoms with Crippen LogP contribution in [-0.4, -0.2) is 18.4 Å². The van der Waals surface area contributed by atoms with Gasteiger partial charge < -0.3 is 5.43 Å². The van der Waals surface area contributed by atoms with Crippen LogP contribution in [0.3, 0.4) is 0 Å². The highest BCUT2D eigenvalue weighted by molar-refractivity contribution is 7.89. The van der Waals surface area contributed by atoms with E-state index < -0.39 is 16.1 Å². The van der Waals surface area contributed by atoms with Crippen LogP contribution in [-0.2, 0) is 10.0 Å². The zero-order chi connectivity index (χ0) is 14.8. The molecule has 0 amide bonds. The van der Waals surface area contributed by atoms with Gasteiger partial charge in [0.2, 0.25) is 10.0 Å². The molecule has 2 aromatic heterocycles. The van der Waals surface area contributed by atoms with Crippen molar-refractivity contribution in [1.29, 1.82) is 0 Å². The smallest absolute Gasteiger partial charge is 0.241 e. The van der Waals surface area contributed by atoms with Crippen LogP contribution < -0.4 is 16.0 Å². The molecular formula is C11H15N5O2S2. The van der Waals surface area contributed by atoms with Crippen LogP contribution in [0.15, 0.2) is 29.4 Å². The zero-order valence-corrected chi connectivity index (χ0v) is 12.6. The molecule has 0 spiro atoms. The molecule has 0 bridgehead atoms. The number of nitrogens with one attached hydrogen (secondary N) is 2. The van der Waals surface area contributed by atoms with Gasteiger partial charge >= 0.3 is 0 Å². The van der Waals surface area contributed by atoms with Gasteiger partial charge in [0.15, 0.2) is 0 Å². The van der Waals surface area contributed by atoms with Crippen LogP contribution in [0.25, 0.3) is 0 Å². The fraction of sp³-hybridized carbons (Fsp3) is 0.273. The van der Waals surface area contributed by atoms with E-state index >= 15 is 0 Å². The van der Waals surface area contributed by atoms with E-state index in [1.54, 1.807) is 13.1 Å². The molecule has 4 N–H and O–H groups in total. The van der Waals surface area contributed by atoms with Gasteiger partial charge in [0.1, 0.15) is 10.8 Å². The Bertz CT molecular complexity index is 698. The average Bonchev–Trinajstić information content (AvgIpc) is 2.85. The zero-order valence-electron chi connectivity index (χ0n) is 11.0. The summed E-state index contributed by atoms with van der Waals surface area (Å²) in [5, 5.41) is 0.720. The highest BCUT2D eigenvalue weighted by Crippen LogP contribution is 2.21. The van der Waals surface area contributed by atoms with Crippen molar-refractivity contribution in [2.24, 2.45) is 5.84 Å². The van der Waals surface area contributed by atoms with Gasteiger partial charge in [-0.3, -0.25) is 0 Å². The molecule has 2 rings (SSSR count). The molecule has 108 valence electrons. The number of thiazole rings is 1. The molecule has 0 saturated heterocycles. The van der Waals surface area contributed by atoms with Crippen LogP contribution in [0.2, 0.25) is 0 Å². The lowest BCUT2D eigenvalue weighted by molar-refractivity contribution is 0.566. The molecule has 0 radical (unpaired) electrons. The predicted octanol–water partition coefficient (Wildman–Crippen LogP) is 1.17. The molecule has 0 saturated carbocycles. The van der Waals surface area contributed by atoms with Crippen LogP contribution in [0.5, 0.6) is 0 Å². The van der Waals surface area contributed by atoms with Crippen molar-refractivity contribution in [3.63, 3.8) is 0 Å². The van der Waals surface area contributed by atoms with Gasteiger partial charge in [-0.2, -0.15) is 0 Å². The Morgan fingerprint density at radius 1 is 1.40 bits per heavy atom. The molecule has 9 heteroatoms. The average molecular weight is 313 g/mol. The number of pyridine rings is 1. The van der Waals surface area contributed by atoms with E-state index in [0.717, 1.165) is 9.88 Å². The first kappa shape index (κ1) is 14.9. The quantitative estimate of drug-likeness (QED) is 0.564. The summed E-state index contributed by atoms with van der Waals surface area (Å²) in [6.45, 7) is 3.67. The SMILES string of the molecule is Cc1cnc(C(C)NS(=O)(=O)c2ccnc(NN)c2)s1. The van der Waals surface area contributed by atoms with Gasteiger partial charge in [-0.25, -0.2) is 29.0 Å². The van der Waals surface area contributed by atoms with E-state index in [4.69, 9.17) is 5.84 Å². The summed E-state index contributed by atoms with van der Waals surface area (Å²) in [5.74, 6) is 5.50. The lowest BCUT2D eigenvalue weighted by atomic mass is 10.4. The minimum atomic E-state index is -3.65. The van der Waals surface area contributed by atoms with Gasteiger partial charge in [-0.1, -0.05) is 0 Å². The van der Waals surface area contributed by atoms with Crippen LogP contribution in [0.1, 0.15) is 22.9 Å². The Morgan fingerprint density at radius 2 is 2.15 bits per heavy atom. The molecule has 2 heterocycles. The highest BCUT2D eigenvalue weighted by Gasteiger charge is 2.20. The van der Waals surface area contributed by atoms with Crippen LogP contribution in [0, 0.1) is 6.92 Å². The van der Waals surface area contributed by atoms with E-state index in [9.17, 15) is 8.42 Å². The first-order valence-corrected chi connectivity index (χ1v) is 8.09. The van der Waals surface area contributed by atoms with Gasteiger partial charge in [0, 0.05) is 23.3 Å². The van der Waals surface area contributed by atoms with Crippen molar-refractivity contribution in [2.75, 3.05) is 5.43 Å². The number of aromatic nitrogens is 2. The maximum absolute atomic E-state index is 12.3. The molecule has 7 nitrogen and oxygen atoms in total. The number of aryl methyl sites for hydroxylation is 1. The molecule has 1 atom stereocenters. The third kappa shape index (κ3) is 3.31. The summed E-state index contributed by atoms with van der Waals surface area (Å²) in [7, 11) is -3.65. The third-order valence-electron chi connectivity index (χ3n) is 2.53. The van der Waals surface area contributed by atoms with E-state index in [2.05, 4.69) is 20.1 Å². The van der Waals surface area contributed by atoms with Crippen molar-refractivity contribution >= 4 is 27.2 Å². The fourth-order valence-electron chi connectivity index (χ4n) is 1.58. The molecule has 0 aromatic carbocycles. The Morgan fingerprint density at radius 3 is 2.75 bits per heavy atom. The predicted molar refractivity (Wildman–Crippen MR) is 77.6 cm³/mol. The van der Waals surface area contributed by atoms with Crippen molar-refractivity contribution in [1.82, 2.24) is 14.7 Å². The van der Waals surface area contributed by atoms with Crippen molar-refractivity contribution in [3.05, 3.63) is 34.4 Å². The standard InChI is InChI=1S/C11H15N5O2S2/c1-7-6-14-11(19-7)8(2)16-20(17,18)9-3-4-13-10(5-9)15-12/h3-6,8,16H,12H2,1-2H3,(H,13,15). The first-order valence-electron chi connectivity index (χ1n) is 5.79. The Labute approximate surface area is 121 Å². The lowest BCUT2D eigenvalue weighted by Crippen LogP contribution is -2.27. The fourth-order valence-corrected chi connectivity index (χ4v) is 3.65. The molecule has 0 aliphatic heterocycles. The number of rotatable bonds is 5. The summed E-state index contributed by atoms with van der Waals surface area (Å²) in [6, 6.07) is 2.37. The van der Waals surface area contributed by atoms with E-state index in [1.807, 2.05) is 6.92 Å². The van der Waals surface area contributed by atoms with Gasteiger partial charge in [0.05, 0.1) is 10.9 Å². The Hall–Kier alpha value is -1.55. The second-order valence-electron chi connectivity index (χ2n) is 4.17. The minimum Gasteiger partial charge on any atom is -0.308 e. The van der Waals surface area contributed by atoms with Gasteiger partial charge in [0.25, 0.3) is 0 Å². The molecular weight excluding hydrogens is 298 g/mol. The maximum atomic E-state index is 12.3. The summed E-state index contributed by atoms with van der Waals surface area (Å²) in [4.78, 5) is 9.18. The number of nitrogens with two attached hydrogens (primary N) is 1. The lowest BCUT2D eigenvalue weighted by Gasteiger charge is -2.12. The molecule has 0 fully saturated rings. The molecule has 2 aromatic rings. The van der Waals surface area contributed by atoms with E-state index in [1.165, 1.54) is 29.7 Å². The number of hydrogen-bond donors (Lipinski definition) is 3. The minimum absolute atomic E-state index is 0.0978. The van der Waals surface area contributed by atoms with Gasteiger partial charge in [-0.15, -0.1) is 11.3 Å². The van der Waals surface area contributed by atoms with Crippen molar-refractivity contribution < 1.29 is 8.42 Å². The number of nitrogen functional groups attached to an aromatic ring is 1. The summed E-state index contributed by atoms with van der Waals surface area (Å²) in [6.07, 6.45) is 3.09. The molecule has 20 heavy (non-hydrogen) atoms. The summed E-state index contributed by atoms with van der Waals surface area (Å²) < 4.78 is 27.1. The second kappa shape index (κ2) is 5.83. The largest absolute Gasteiger partial charge is 0.308 e. The molecule has 1 unspecified atom stereocenters. The second-order valence-corrected chi connectivity index (χ2v) is 7.15. The summed E-state index contributed by atoms with van der Waals surface area (Å²) >= 11 is 1.46.